The summed E-state index contributed by atoms with van der Waals surface area (Å²) in [7, 11) is -7.19. The molecule has 0 saturated carbocycles. The second kappa shape index (κ2) is 8.20. The molecule has 0 amide bonds. The Kier molecular flexibility index (Phi) is 5.78. The van der Waals surface area contributed by atoms with E-state index in [4.69, 9.17) is 5.14 Å². The number of benzene rings is 2. The van der Waals surface area contributed by atoms with Crippen molar-refractivity contribution in [3.05, 3.63) is 53.9 Å². The fourth-order valence-corrected chi connectivity index (χ4v) is 6.25. The van der Waals surface area contributed by atoms with E-state index in [0.29, 0.717) is 18.0 Å². The number of piperidine rings is 1. The predicted octanol–water partition coefficient (Wildman–Crippen LogP) is 3.30. The Labute approximate surface area is 180 Å². The van der Waals surface area contributed by atoms with Crippen molar-refractivity contribution in [3.8, 4) is 21.8 Å². The first kappa shape index (κ1) is 21.1. The average molecular weight is 464 g/mol. The number of aromatic nitrogens is 1. The third kappa shape index (κ3) is 4.33. The van der Waals surface area contributed by atoms with E-state index in [1.54, 1.807) is 40.7 Å². The van der Waals surface area contributed by atoms with Crippen LogP contribution in [0.4, 0.5) is 0 Å². The summed E-state index contributed by atoms with van der Waals surface area (Å²) in [6.45, 7) is 1.15. The summed E-state index contributed by atoms with van der Waals surface area (Å²) in [4.78, 5) is 4.95. The molecule has 0 radical (unpaired) electrons. The van der Waals surface area contributed by atoms with Gasteiger partial charge in [0.2, 0.25) is 20.0 Å². The summed E-state index contributed by atoms with van der Waals surface area (Å²) in [6.07, 6.45) is 2.87. The number of nitrogens with two attached hydrogens (primary N) is 1. The summed E-state index contributed by atoms with van der Waals surface area (Å²) < 4.78 is 49.9. The smallest absolute Gasteiger partial charge is 0.236 e. The van der Waals surface area contributed by atoms with Crippen molar-refractivity contribution in [3.63, 3.8) is 0 Å². The van der Waals surface area contributed by atoms with Crippen LogP contribution in [-0.4, -0.2) is 39.2 Å². The van der Waals surface area contributed by atoms with E-state index in [1.165, 1.54) is 23.5 Å². The van der Waals surface area contributed by atoms with Gasteiger partial charge >= 0.3 is 0 Å². The zero-order valence-corrected chi connectivity index (χ0v) is 18.5. The lowest BCUT2D eigenvalue weighted by Gasteiger charge is -2.25. The van der Waals surface area contributed by atoms with Gasteiger partial charge in [-0.3, -0.25) is 0 Å². The van der Waals surface area contributed by atoms with Gasteiger partial charge in [0, 0.05) is 29.6 Å². The molecule has 0 aliphatic carbocycles. The lowest BCUT2D eigenvalue weighted by Crippen LogP contribution is -2.35. The molecule has 2 aromatic carbocycles. The Bertz CT molecular complexity index is 1240. The Morgan fingerprint density at radius 2 is 1.37 bits per heavy atom. The van der Waals surface area contributed by atoms with Gasteiger partial charge in [-0.25, -0.2) is 27.0 Å². The Morgan fingerprint density at radius 3 is 1.97 bits per heavy atom. The van der Waals surface area contributed by atoms with E-state index in [0.717, 1.165) is 41.1 Å². The van der Waals surface area contributed by atoms with Crippen molar-refractivity contribution in [1.82, 2.24) is 9.29 Å². The molecule has 158 valence electrons. The van der Waals surface area contributed by atoms with Crippen LogP contribution in [-0.2, 0) is 20.0 Å². The number of rotatable bonds is 5. The van der Waals surface area contributed by atoms with Crippen LogP contribution in [0.25, 0.3) is 21.8 Å². The molecule has 3 aromatic rings. The van der Waals surface area contributed by atoms with Gasteiger partial charge in [-0.2, -0.15) is 4.31 Å². The maximum absolute atomic E-state index is 12.8. The SMILES string of the molecule is NS(=O)(=O)c1ccc(-c2nc(-c3ccc(S(=O)(=O)N4CCCCC4)cc3)cs2)cc1. The maximum atomic E-state index is 12.8. The van der Waals surface area contributed by atoms with E-state index in [9.17, 15) is 16.8 Å². The highest BCUT2D eigenvalue weighted by Crippen LogP contribution is 2.30. The Morgan fingerprint density at radius 1 is 0.800 bits per heavy atom. The van der Waals surface area contributed by atoms with Gasteiger partial charge in [0.15, 0.2) is 0 Å². The minimum absolute atomic E-state index is 0.0496. The van der Waals surface area contributed by atoms with Gasteiger partial charge in [0.1, 0.15) is 5.01 Å². The van der Waals surface area contributed by atoms with E-state index in [2.05, 4.69) is 4.98 Å². The van der Waals surface area contributed by atoms with E-state index >= 15 is 0 Å². The van der Waals surface area contributed by atoms with Gasteiger partial charge in [-0.1, -0.05) is 30.7 Å². The fourth-order valence-electron chi connectivity index (χ4n) is 3.38. The molecule has 1 fully saturated rings. The molecule has 7 nitrogen and oxygen atoms in total. The van der Waals surface area contributed by atoms with Gasteiger partial charge in [-0.05, 0) is 37.1 Å². The van der Waals surface area contributed by atoms with Gasteiger partial charge < -0.3 is 0 Å². The number of thiazole rings is 1. The molecular formula is C20H21N3O4S3. The summed E-state index contributed by atoms with van der Waals surface area (Å²) in [5.74, 6) is 0. The van der Waals surface area contributed by atoms with Gasteiger partial charge in [0.25, 0.3) is 0 Å². The number of sulfonamides is 2. The molecule has 1 aliphatic heterocycles. The van der Waals surface area contributed by atoms with E-state index < -0.39 is 20.0 Å². The molecule has 0 bridgehead atoms. The minimum Gasteiger partial charge on any atom is -0.236 e. The first-order chi connectivity index (χ1) is 14.2. The average Bonchev–Trinajstić information content (AvgIpc) is 3.24. The molecule has 0 unspecified atom stereocenters. The highest BCUT2D eigenvalue weighted by Gasteiger charge is 2.25. The van der Waals surface area contributed by atoms with Crippen LogP contribution in [0.1, 0.15) is 19.3 Å². The number of nitrogens with zero attached hydrogens (tertiary/aromatic N) is 2. The normalized spacial score (nSPS) is 15.9. The zero-order valence-electron chi connectivity index (χ0n) is 16.1. The van der Waals surface area contributed by atoms with Crippen molar-refractivity contribution < 1.29 is 16.8 Å². The van der Waals surface area contributed by atoms with Crippen molar-refractivity contribution in [1.29, 1.82) is 0 Å². The monoisotopic (exact) mass is 463 g/mol. The molecule has 10 heteroatoms. The highest BCUT2D eigenvalue weighted by atomic mass is 32.2. The second-order valence-electron chi connectivity index (χ2n) is 7.10. The highest BCUT2D eigenvalue weighted by molar-refractivity contribution is 7.89. The Hall–Kier alpha value is -2.11. The van der Waals surface area contributed by atoms with Crippen LogP contribution >= 0.6 is 11.3 Å². The van der Waals surface area contributed by atoms with Gasteiger partial charge in [-0.15, -0.1) is 11.3 Å². The van der Waals surface area contributed by atoms with Crippen molar-refractivity contribution in [2.24, 2.45) is 5.14 Å². The summed E-state index contributed by atoms with van der Waals surface area (Å²) in [6, 6.07) is 13.0. The number of primary sulfonamides is 1. The summed E-state index contributed by atoms with van der Waals surface area (Å²) in [5, 5.41) is 7.75. The summed E-state index contributed by atoms with van der Waals surface area (Å²) in [5.41, 5.74) is 2.33. The third-order valence-corrected chi connectivity index (χ3v) is 8.77. The maximum Gasteiger partial charge on any atom is 0.243 e. The molecule has 1 saturated heterocycles. The molecule has 1 aliphatic rings. The van der Waals surface area contributed by atoms with Gasteiger partial charge in [0.05, 0.1) is 15.5 Å². The molecule has 2 heterocycles. The van der Waals surface area contributed by atoms with Crippen LogP contribution in [0, 0.1) is 0 Å². The lowest BCUT2D eigenvalue weighted by atomic mass is 10.2. The molecule has 30 heavy (non-hydrogen) atoms. The van der Waals surface area contributed by atoms with Crippen LogP contribution < -0.4 is 5.14 Å². The van der Waals surface area contributed by atoms with Crippen LogP contribution in [0.3, 0.4) is 0 Å². The molecule has 0 spiro atoms. The third-order valence-electron chi connectivity index (χ3n) is 5.04. The van der Waals surface area contributed by atoms with Crippen LogP contribution in [0.2, 0.25) is 0 Å². The van der Waals surface area contributed by atoms with E-state index in [-0.39, 0.29) is 4.90 Å². The molecule has 2 N–H and O–H groups in total. The zero-order chi connectivity index (χ0) is 21.4. The first-order valence-corrected chi connectivity index (χ1v) is 13.3. The summed E-state index contributed by atoms with van der Waals surface area (Å²) >= 11 is 1.43. The van der Waals surface area contributed by atoms with Crippen molar-refractivity contribution in [2.45, 2.75) is 29.1 Å². The van der Waals surface area contributed by atoms with E-state index in [1.807, 2.05) is 5.38 Å². The van der Waals surface area contributed by atoms with Crippen LogP contribution in [0.15, 0.2) is 63.7 Å². The second-order valence-corrected chi connectivity index (χ2v) is 11.5. The topological polar surface area (TPSA) is 110 Å². The number of hydrogen-bond donors (Lipinski definition) is 1. The largest absolute Gasteiger partial charge is 0.243 e. The molecule has 4 rings (SSSR count). The fraction of sp³-hybridized carbons (Fsp3) is 0.250. The lowest BCUT2D eigenvalue weighted by molar-refractivity contribution is 0.346. The Balaban J connectivity index is 1.55. The predicted molar refractivity (Wildman–Crippen MR) is 117 cm³/mol. The molecule has 0 atom stereocenters. The standard InChI is InChI=1S/C20H21N3O4S3/c21-29(24,25)17-8-6-16(7-9-17)20-22-19(14-28-20)15-4-10-18(11-5-15)30(26,27)23-12-2-1-3-13-23/h4-11,14H,1-3,12-13H2,(H2,21,24,25). The van der Waals surface area contributed by atoms with Crippen LogP contribution in [0.5, 0.6) is 0 Å². The minimum atomic E-state index is -3.73. The number of hydrogen-bond acceptors (Lipinski definition) is 6. The molecule has 1 aromatic heterocycles. The quantitative estimate of drug-likeness (QED) is 0.624. The first-order valence-electron chi connectivity index (χ1n) is 9.44. The van der Waals surface area contributed by atoms with Crippen molar-refractivity contribution in [2.75, 3.05) is 13.1 Å². The molecular weight excluding hydrogens is 442 g/mol. The van der Waals surface area contributed by atoms with Crippen molar-refractivity contribution >= 4 is 31.4 Å².